The van der Waals surface area contributed by atoms with E-state index < -0.39 is 0 Å². The summed E-state index contributed by atoms with van der Waals surface area (Å²) >= 11 is 0. The molecule has 1 rings (SSSR count). The molecule has 0 saturated carbocycles. The standard InChI is InChI=1S/C8H10FNO/c1-11-8-4-6(5-10)2-3-7(8)9/h2-4H,5,10H2,1H3/p+1. The minimum atomic E-state index is -0.329. The molecule has 0 bridgehead atoms. The summed E-state index contributed by atoms with van der Waals surface area (Å²) in [4.78, 5) is 0. The molecule has 1 aromatic carbocycles. The van der Waals surface area contributed by atoms with Crippen LogP contribution in [0.5, 0.6) is 5.75 Å². The van der Waals surface area contributed by atoms with E-state index in [1.807, 2.05) is 0 Å². The highest BCUT2D eigenvalue weighted by Crippen LogP contribution is 2.17. The van der Waals surface area contributed by atoms with Crippen LogP contribution in [0.25, 0.3) is 0 Å². The minimum absolute atomic E-state index is 0.283. The lowest BCUT2D eigenvalue weighted by Crippen LogP contribution is -2.47. The Bertz CT molecular complexity index is 250. The van der Waals surface area contributed by atoms with Gasteiger partial charge in [-0.05, 0) is 12.1 Å². The molecule has 2 nitrogen and oxygen atoms in total. The number of methoxy groups -OCH3 is 1. The third-order valence-corrected chi connectivity index (χ3v) is 1.50. The molecule has 0 aromatic heterocycles. The van der Waals surface area contributed by atoms with Gasteiger partial charge in [-0.1, -0.05) is 6.07 Å². The van der Waals surface area contributed by atoms with Crippen LogP contribution in [-0.4, -0.2) is 7.11 Å². The molecule has 0 heterocycles. The molecule has 0 saturated heterocycles. The Labute approximate surface area is 64.8 Å². The Morgan fingerprint density at radius 1 is 1.55 bits per heavy atom. The van der Waals surface area contributed by atoms with Crippen molar-refractivity contribution in [2.45, 2.75) is 6.54 Å². The van der Waals surface area contributed by atoms with E-state index in [-0.39, 0.29) is 11.6 Å². The molecule has 0 aliphatic rings. The van der Waals surface area contributed by atoms with Crippen LogP contribution in [0.4, 0.5) is 4.39 Å². The lowest BCUT2D eigenvalue weighted by molar-refractivity contribution is -0.386. The van der Waals surface area contributed by atoms with E-state index in [0.29, 0.717) is 6.54 Å². The first-order valence-corrected chi connectivity index (χ1v) is 3.39. The van der Waals surface area contributed by atoms with Gasteiger partial charge in [0, 0.05) is 5.56 Å². The van der Waals surface area contributed by atoms with Crippen LogP contribution in [0.3, 0.4) is 0 Å². The number of rotatable bonds is 2. The highest BCUT2D eigenvalue weighted by atomic mass is 19.1. The van der Waals surface area contributed by atoms with Crippen LogP contribution in [0.2, 0.25) is 0 Å². The number of ether oxygens (including phenoxy) is 1. The highest BCUT2D eigenvalue weighted by molar-refractivity contribution is 5.29. The quantitative estimate of drug-likeness (QED) is 0.668. The molecule has 0 fully saturated rings. The summed E-state index contributed by atoms with van der Waals surface area (Å²) in [5.74, 6) is -0.0455. The van der Waals surface area contributed by atoms with Crippen LogP contribution in [0.15, 0.2) is 18.2 Å². The fourth-order valence-corrected chi connectivity index (χ4v) is 0.860. The molecule has 0 atom stereocenters. The van der Waals surface area contributed by atoms with Crippen molar-refractivity contribution >= 4 is 0 Å². The van der Waals surface area contributed by atoms with Crippen molar-refractivity contribution in [3.8, 4) is 5.75 Å². The molecule has 0 radical (unpaired) electrons. The Balaban J connectivity index is 3.02. The van der Waals surface area contributed by atoms with Crippen LogP contribution in [-0.2, 0) is 6.54 Å². The maximum absolute atomic E-state index is 12.8. The van der Waals surface area contributed by atoms with E-state index in [9.17, 15) is 4.39 Å². The fraction of sp³-hybridized carbons (Fsp3) is 0.250. The molecule has 11 heavy (non-hydrogen) atoms. The van der Waals surface area contributed by atoms with E-state index in [1.54, 1.807) is 12.1 Å². The van der Waals surface area contributed by atoms with E-state index in [4.69, 9.17) is 4.74 Å². The maximum Gasteiger partial charge on any atom is 0.165 e. The van der Waals surface area contributed by atoms with Gasteiger partial charge in [-0.2, -0.15) is 0 Å². The van der Waals surface area contributed by atoms with Gasteiger partial charge in [-0.3, -0.25) is 0 Å². The third-order valence-electron chi connectivity index (χ3n) is 1.50. The molecule has 0 amide bonds. The van der Waals surface area contributed by atoms with Crippen molar-refractivity contribution in [3.63, 3.8) is 0 Å². The largest absolute Gasteiger partial charge is 0.494 e. The molecular formula is C8H11FNO+. The van der Waals surface area contributed by atoms with Crippen LogP contribution >= 0.6 is 0 Å². The summed E-state index contributed by atoms with van der Waals surface area (Å²) < 4.78 is 17.5. The summed E-state index contributed by atoms with van der Waals surface area (Å²) in [6.07, 6.45) is 0. The number of benzene rings is 1. The second-order valence-corrected chi connectivity index (χ2v) is 2.22. The molecule has 0 spiro atoms. The van der Waals surface area contributed by atoms with E-state index in [1.165, 1.54) is 13.2 Å². The van der Waals surface area contributed by atoms with Gasteiger partial charge in [0.2, 0.25) is 0 Å². The SMILES string of the molecule is COc1cc(C[NH3+])ccc1F. The average Bonchev–Trinajstić information content (AvgIpc) is 2.05. The number of hydrogen-bond acceptors (Lipinski definition) is 1. The Kier molecular flexibility index (Phi) is 2.44. The Morgan fingerprint density at radius 2 is 2.27 bits per heavy atom. The van der Waals surface area contributed by atoms with Crippen LogP contribution in [0, 0.1) is 5.82 Å². The highest BCUT2D eigenvalue weighted by Gasteiger charge is 2.02. The first-order chi connectivity index (χ1) is 5.27. The van der Waals surface area contributed by atoms with Crippen molar-refractivity contribution < 1.29 is 14.9 Å². The monoisotopic (exact) mass is 156 g/mol. The first-order valence-electron chi connectivity index (χ1n) is 3.39. The second-order valence-electron chi connectivity index (χ2n) is 2.22. The Morgan fingerprint density at radius 3 is 2.82 bits per heavy atom. The molecule has 3 heteroatoms. The topological polar surface area (TPSA) is 36.9 Å². The van der Waals surface area contributed by atoms with Gasteiger partial charge < -0.3 is 10.5 Å². The average molecular weight is 156 g/mol. The van der Waals surface area contributed by atoms with Gasteiger partial charge in [0.05, 0.1) is 13.7 Å². The van der Waals surface area contributed by atoms with Gasteiger partial charge >= 0.3 is 0 Å². The number of halogens is 1. The van der Waals surface area contributed by atoms with E-state index in [2.05, 4.69) is 5.73 Å². The van der Waals surface area contributed by atoms with Crippen LogP contribution < -0.4 is 10.5 Å². The second kappa shape index (κ2) is 3.34. The fourth-order valence-electron chi connectivity index (χ4n) is 0.860. The minimum Gasteiger partial charge on any atom is -0.494 e. The molecule has 60 valence electrons. The molecule has 0 aliphatic carbocycles. The summed E-state index contributed by atoms with van der Waals surface area (Å²) in [7, 11) is 1.45. The lowest BCUT2D eigenvalue weighted by atomic mass is 10.2. The zero-order valence-corrected chi connectivity index (χ0v) is 6.43. The predicted molar refractivity (Wildman–Crippen MR) is 39.5 cm³/mol. The number of hydrogen-bond donors (Lipinski definition) is 1. The summed E-state index contributed by atoms with van der Waals surface area (Å²) in [6, 6.07) is 4.74. The Hall–Kier alpha value is -1.09. The normalized spacial score (nSPS) is 9.73. The van der Waals surface area contributed by atoms with Gasteiger partial charge in [0.15, 0.2) is 11.6 Å². The zero-order valence-electron chi connectivity index (χ0n) is 6.43. The van der Waals surface area contributed by atoms with E-state index in [0.717, 1.165) is 5.56 Å². The molecular weight excluding hydrogens is 145 g/mol. The van der Waals surface area contributed by atoms with Gasteiger partial charge in [0.1, 0.15) is 0 Å². The zero-order chi connectivity index (χ0) is 8.27. The summed E-state index contributed by atoms with van der Waals surface area (Å²) in [5, 5.41) is 0. The van der Waals surface area contributed by atoms with Crippen molar-refractivity contribution in [2.75, 3.05) is 7.11 Å². The predicted octanol–water partition coefficient (Wildman–Crippen LogP) is 0.576. The van der Waals surface area contributed by atoms with Crippen molar-refractivity contribution in [1.29, 1.82) is 0 Å². The van der Waals surface area contributed by atoms with Crippen molar-refractivity contribution in [1.82, 2.24) is 0 Å². The van der Waals surface area contributed by atoms with E-state index >= 15 is 0 Å². The molecule has 0 aliphatic heterocycles. The summed E-state index contributed by atoms with van der Waals surface area (Å²) in [6.45, 7) is 0.649. The molecule has 1 aromatic rings. The third kappa shape index (κ3) is 1.68. The van der Waals surface area contributed by atoms with Gasteiger partial charge in [0.25, 0.3) is 0 Å². The number of quaternary nitrogens is 1. The van der Waals surface area contributed by atoms with Gasteiger partial charge in [-0.25, -0.2) is 4.39 Å². The summed E-state index contributed by atoms with van der Waals surface area (Å²) in [5.41, 5.74) is 4.66. The van der Waals surface area contributed by atoms with Gasteiger partial charge in [-0.15, -0.1) is 0 Å². The smallest absolute Gasteiger partial charge is 0.165 e. The maximum atomic E-state index is 12.8. The first kappa shape index (κ1) is 8.01. The van der Waals surface area contributed by atoms with Crippen LogP contribution in [0.1, 0.15) is 5.56 Å². The lowest BCUT2D eigenvalue weighted by Gasteiger charge is -2.01. The molecule has 3 N–H and O–H groups in total. The molecule has 0 unspecified atom stereocenters. The van der Waals surface area contributed by atoms with Crippen molar-refractivity contribution in [2.24, 2.45) is 0 Å². The van der Waals surface area contributed by atoms with Crippen molar-refractivity contribution in [3.05, 3.63) is 29.6 Å².